The van der Waals surface area contributed by atoms with E-state index in [1.807, 2.05) is 13.0 Å². The Hall–Kier alpha value is -1.65. The van der Waals surface area contributed by atoms with Crippen LogP contribution in [0, 0.1) is 12.7 Å². The van der Waals surface area contributed by atoms with Crippen molar-refractivity contribution >= 4 is 0 Å². The van der Waals surface area contributed by atoms with Crippen LogP contribution in [0.3, 0.4) is 0 Å². The van der Waals surface area contributed by atoms with Crippen molar-refractivity contribution in [2.24, 2.45) is 0 Å². The van der Waals surface area contributed by atoms with Gasteiger partial charge in [0.05, 0.1) is 13.2 Å². The van der Waals surface area contributed by atoms with Crippen LogP contribution in [0.15, 0.2) is 34.7 Å². The molecule has 0 unspecified atom stereocenters. The lowest BCUT2D eigenvalue weighted by Gasteiger charge is -2.04. The Labute approximate surface area is 125 Å². The van der Waals surface area contributed by atoms with E-state index < -0.39 is 0 Å². The Bertz CT molecular complexity index is 566. The molecule has 0 aliphatic heterocycles. The Morgan fingerprint density at radius 1 is 1.24 bits per heavy atom. The van der Waals surface area contributed by atoms with Crippen LogP contribution >= 0.6 is 0 Å². The number of hydrogen-bond acceptors (Lipinski definition) is 3. The molecule has 0 saturated heterocycles. The largest absolute Gasteiger partial charge is 0.462 e. The van der Waals surface area contributed by atoms with Crippen LogP contribution in [0.25, 0.3) is 0 Å². The molecule has 2 aromatic rings. The summed E-state index contributed by atoms with van der Waals surface area (Å²) >= 11 is 0. The highest BCUT2D eigenvalue weighted by atomic mass is 19.1. The summed E-state index contributed by atoms with van der Waals surface area (Å²) in [6, 6.07) is 8.61. The molecule has 0 saturated carbocycles. The first-order chi connectivity index (χ1) is 10.2. The third-order valence-corrected chi connectivity index (χ3v) is 3.24. The predicted molar refractivity (Wildman–Crippen MR) is 80.3 cm³/mol. The van der Waals surface area contributed by atoms with Crippen molar-refractivity contribution in [2.45, 2.75) is 40.0 Å². The van der Waals surface area contributed by atoms with E-state index in [0.717, 1.165) is 36.6 Å². The lowest BCUT2D eigenvalue weighted by Crippen LogP contribution is -2.13. The lowest BCUT2D eigenvalue weighted by atomic mass is 10.2. The number of hydrogen-bond donors (Lipinski definition) is 1. The molecule has 2 rings (SSSR count). The van der Waals surface area contributed by atoms with E-state index in [-0.39, 0.29) is 12.4 Å². The number of benzene rings is 1. The second kappa shape index (κ2) is 7.96. The van der Waals surface area contributed by atoms with Gasteiger partial charge in [0.25, 0.3) is 0 Å². The summed E-state index contributed by atoms with van der Waals surface area (Å²) in [5.74, 6) is 1.47. The molecule has 4 heteroatoms. The Morgan fingerprint density at radius 3 is 2.81 bits per heavy atom. The molecular weight excluding hydrogens is 269 g/mol. The number of furan rings is 1. The molecule has 0 radical (unpaired) electrons. The van der Waals surface area contributed by atoms with E-state index in [0.29, 0.717) is 12.2 Å². The van der Waals surface area contributed by atoms with Crippen LogP contribution in [-0.2, 0) is 24.5 Å². The summed E-state index contributed by atoms with van der Waals surface area (Å²) in [5, 5.41) is 3.31. The number of nitrogens with one attached hydrogen (secondary N) is 1. The minimum Gasteiger partial charge on any atom is -0.462 e. The first-order valence-corrected chi connectivity index (χ1v) is 7.30. The second-order valence-corrected chi connectivity index (χ2v) is 5.08. The molecule has 21 heavy (non-hydrogen) atoms. The average molecular weight is 291 g/mol. The minimum absolute atomic E-state index is 0.238. The van der Waals surface area contributed by atoms with Gasteiger partial charge in [0.1, 0.15) is 23.9 Å². The topological polar surface area (TPSA) is 34.4 Å². The first kappa shape index (κ1) is 15.7. The van der Waals surface area contributed by atoms with Gasteiger partial charge in [-0.05, 0) is 37.6 Å². The molecule has 114 valence electrons. The first-order valence-electron chi connectivity index (χ1n) is 7.30. The molecule has 0 bridgehead atoms. The van der Waals surface area contributed by atoms with Crippen molar-refractivity contribution in [1.29, 1.82) is 0 Å². The standard InChI is InChI=1S/C17H22FNO2/c1-3-8-19-10-17-13(2)9-15(21-17)12-20-11-14-6-4-5-7-16(14)18/h4-7,9,19H,3,8,10-12H2,1-2H3. The highest BCUT2D eigenvalue weighted by Crippen LogP contribution is 2.16. The maximum atomic E-state index is 13.4. The number of ether oxygens (including phenoxy) is 1. The average Bonchev–Trinajstić information content (AvgIpc) is 2.82. The maximum absolute atomic E-state index is 13.4. The monoisotopic (exact) mass is 291 g/mol. The molecule has 0 fully saturated rings. The van der Waals surface area contributed by atoms with E-state index in [4.69, 9.17) is 9.15 Å². The lowest BCUT2D eigenvalue weighted by molar-refractivity contribution is 0.0899. The summed E-state index contributed by atoms with van der Waals surface area (Å²) < 4.78 is 24.7. The van der Waals surface area contributed by atoms with E-state index in [1.165, 1.54) is 6.07 Å². The van der Waals surface area contributed by atoms with Crippen molar-refractivity contribution < 1.29 is 13.5 Å². The van der Waals surface area contributed by atoms with Gasteiger partial charge in [-0.25, -0.2) is 4.39 Å². The van der Waals surface area contributed by atoms with Crippen molar-refractivity contribution in [1.82, 2.24) is 5.32 Å². The van der Waals surface area contributed by atoms with Crippen LogP contribution in [0.4, 0.5) is 4.39 Å². The summed E-state index contributed by atoms with van der Waals surface area (Å²) in [6.45, 7) is 6.45. The van der Waals surface area contributed by atoms with Gasteiger partial charge in [-0.2, -0.15) is 0 Å². The Kier molecular flexibility index (Phi) is 5.96. The fourth-order valence-electron chi connectivity index (χ4n) is 2.09. The zero-order chi connectivity index (χ0) is 15.1. The number of rotatable bonds is 8. The van der Waals surface area contributed by atoms with Crippen LogP contribution in [0.5, 0.6) is 0 Å². The van der Waals surface area contributed by atoms with Gasteiger partial charge in [-0.1, -0.05) is 25.1 Å². The second-order valence-electron chi connectivity index (χ2n) is 5.08. The molecule has 1 N–H and O–H groups in total. The highest BCUT2D eigenvalue weighted by Gasteiger charge is 2.08. The summed E-state index contributed by atoms with van der Waals surface area (Å²) in [6.07, 6.45) is 1.10. The van der Waals surface area contributed by atoms with E-state index in [1.54, 1.807) is 18.2 Å². The van der Waals surface area contributed by atoms with Crippen molar-refractivity contribution in [3.63, 3.8) is 0 Å². The van der Waals surface area contributed by atoms with Crippen molar-refractivity contribution in [3.8, 4) is 0 Å². The predicted octanol–water partition coefficient (Wildman–Crippen LogP) is 3.94. The van der Waals surface area contributed by atoms with Crippen molar-refractivity contribution in [2.75, 3.05) is 6.54 Å². The maximum Gasteiger partial charge on any atom is 0.130 e. The number of halogens is 1. The molecule has 0 aliphatic carbocycles. The van der Waals surface area contributed by atoms with Gasteiger partial charge < -0.3 is 14.5 Å². The Balaban J connectivity index is 1.83. The fraction of sp³-hybridized carbons (Fsp3) is 0.412. The van der Waals surface area contributed by atoms with Crippen LogP contribution in [-0.4, -0.2) is 6.54 Å². The molecule has 0 amide bonds. The quantitative estimate of drug-likeness (QED) is 0.748. The molecule has 0 aliphatic rings. The molecule has 1 heterocycles. The van der Waals surface area contributed by atoms with Crippen molar-refractivity contribution in [3.05, 3.63) is 58.8 Å². The summed E-state index contributed by atoms with van der Waals surface area (Å²) in [4.78, 5) is 0. The van der Waals surface area contributed by atoms with E-state index >= 15 is 0 Å². The van der Waals surface area contributed by atoms with Crippen LogP contribution in [0.1, 0.15) is 36.0 Å². The molecule has 0 atom stereocenters. The minimum atomic E-state index is -0.238. The smallest absolute Gasteiger partial charge is 0.130 e. The van der Waals surface area contributed by atoms with E-state index in [2.05, 4.69) is 12.2 Å². The zero-order valence-electron chi connectivity index (χ0n) is 12.6. The van der Waals surface area contributed by atoms with Gasteiger partial charge >= 0.3 is 0 Å². The summed E-state index contributed by atoms with van der Waals surface area (Å²) in [7, 11) is 0. The third-order valence-electron chi connectivity index (χ3n) is 3.24. The molecule has 1 aromatic heterocycles. The molecular formula is C17H22FNO2. The van der Waals surface area contributed by atoms with Gasteiger partial charge in [-0.3, -0.25) is 0 Å². The Morgan fingerprint density at radius 2 is 2.05 bits per heavy atom. The van der Waals surface area contributed by atoms with E-state index in [9.17, 15) is 4.39 Å². The highest BCUT2D eigenvalue weighted by molar-refractivity contribution is 5.20. The fourth-order valence-corrected chi connectivity index (χ4v) is 2.09. The molecule has 3 nitrogen and oxygen atoms in total. The van der Waals surface area contributed by atoms with Crippen LogP contribution < -0.4 is 5.32 Å². The van der Waals surface area contributed by atoms with Crippen LogP contribution in [0.2, 0.25) is 0 Å². The summed E-state index contributed by atoms with van der Waals surface area (Å²) in [5.41, 5.74) is 1.67. The van der Waals surface area contributed by atoms with Gasteiger partial charge in [0.2, 0.25) is 0 Å². The van der Waals surface area contributed by atoms with Gasteiger partial charge in [0, 0.05) is 5.56 Å². The van der Waals surface area contributed by atoms with Gasteiger partial charge in [-0.15, -0.1) is 0 Å². The SMILES string of the molecule is CCCNCc1oc(COCc2ccccc2F)cc1C. The molecule has 1 aromatic carbocycles. The normalized spacial score (nSPS) is 11.0. The zero-order valence-corrected chi connectivity index (χ0v) is 12.6. The van der Waals surface area contributed by atoms with Gasteiger partial charge in [0.15, 0.2) is 0 Å². The number of aryl methyl sites for hydroxylation is 1. The third kappa shape index (κ3) is 4.69. The molecule has 0 spiro atoms.